The molecule has 0 radical (unpaired) electrons. The third kappa shape index (κ3) is 1.63. The average Bonchev–Trinajstić information content (AvgIpc) is 3.28. The van der Waals surface area contributed by atoms with Gasteiger partial charge in [-0.1, -0.05) is 12.1 Å². The van der Waals surface area contributed by atoms with Gasteiger partial charge in [-0.05, 0) is 30.5 Å². The van der Waals surface area contributed by atoms with Crippen LogP contribution in [0.4, 0.5) is 4.39 Å². The van der Waals surface area contributed by atoms with E-state index in [9.17, 15) is 9.18 Å². The van der Waals surface area contributed by atoms with Crippen LogP contribution >= 0.6 is 0 Å². The zero-order valence-corrected chi connectivity index (χ0v) is 10.0. The molecular weight excluding hydrogens is 245 g/mol. The standard InChI is InChI=1S/C15H10FNO2/c16-10-5-3-8(4-6-10)12-13(9-1-2-9)17-11(7-18)14-15(12)19-14/h3-7,9H,1-2H2. The summed E-state index contributed by atoms with van der Waals surface area (Å²) in [6.07, 6.45) is 2.89. The number of carbonyl (C=O) groups is 1. The van der Waals surface area contributed by atoms with Crippen molar-refractivity contribution in [1.82, 2.24) is 4.98 Å². The van der Waals surface area contributed by atoms with Crippen LogP contribution in [0, 0.1) is 5.82 Å². The molecule has 0 bridgehead atoms. The van der Waals surface area contributed by atoms with Crippen LogP contribution in [-0.2, 0) is 0 Å². The van der Waals surface area contributed by atoms with Crippen molar-refractivity contribution in [3.8, 4) is 22.6 Å². The van der Waals surface area contributed by atoms with Gasteiger partial charge in [0, 0.05) is 5.92 Å². The summed E-state index contributed by atoms with van der Waals surface area (Å²) < 4.78 is 18.4. The molecule has 19 heavy (non-hydrogen) atoms. The highest BCUT2D eigenvalue weighted by molar-refractivity contribution is 5.90. The van der Waals surface area contributed by atoms with Crippen molar-refractivity contribution >= 4 is 6.29 Å². The number of hydrogen-bond acceptors (Lipinski definition) is 3. The molecule has 0 atom stereocenters. The molecule has 1 aliphatic heterocycles. The smallest absolute Gasteiger partial charge is 0.199 e. The van der Waals surface area contributed by atoms with Crippen molar-refractivity contribution in [2.45, 2.75) is 18.8 Å². The van der Waals surface area contributed by atoms with Gasteiger partial charge in [-0.2, -0.15) is 0 Å². The topological polar surface area (TPSA) is 42.5 Å². The predicted octanol–water partition coefficient (Wildman–Crippen LogP) is 3.68. The lowest BCUT2D eigenvalue weighted by atomic mass is 10.0. The van der Waals surface area contributed by atoms with Crippen LogP contribution in [0.1, 0.15) is 34.9 Å². The number of hydrogen-bond donors (Lipinski definition) is 0. The van der Waals surface area contributed by atoms with Crippen LogP contribution < -0.4 is 4.74 Å². The predicted molar refractivity (Wildman–Crippen MR) is 67.1 cm³/mol. The van der Waals surface area contributed by atoms with Crippen LogP contribution in [0.25, 0.3) is 11.1 Å². The minimum absolute atomic E-state index is 0.267. The van der Waals surface area contributed by atoms with Crippen molar-refractivity contribution < 1.29 is 13.9 Å². The molecule has 0 unspecified atom stereocenters. The van der Waals surface area contributed by atoms with Gasteiger partial charge >= 0.3 is 0 Å². The number of nitrogens with zero attached hydrogens (tertiary/aromatic N) is 1. The molecule has 1 fully saturated rings. The summed E-state index contributed by atoms with van der Waals surface area (Å²) in [5.41, 5.74) is 3.10. The fraction of sp³-hybridized carbons (Fsp3) is 0.200. The second kappa shape index (κ2) is 3.63. The maximum atomic E-state index is 13.0. The van der Waals surface area contributed by atoms with Gasteiger partial charge in [0.1, 0.15) is 11.5 Å². The molecule has 0 amide bonds. The van der Waals surface area contributed by atoms with E-state index in [1.165, 1.54) is 12.1 Å². The van der Waals surface area contributed by atoms with E-state index in [-0.39, 0.29) is 5.82 Å². The van der Waals surface area contributed by atoms with Crippen LogP contribution in [0.5, 0.6) is 11.5 Å². The lowest BCUT2D eigenvalue weighted by Crippen LogP contribution is -1.93. The SMILES string of the molecule is O=Cc1nc(C2CC2)c(-c2ccc(F)cc2)c2c1O2. The first-order valence-electron chi connectivity index (χ1n) is 6.25. The zero-order chi connectivity index (χ0) is 13.0. The molecule has 94 valence electrons. The normalized spacial score (nSPS) is 15.6. The Morgan fingerprint density at radius 2 is 1.95 bits per heavy atom. The van der Waals surface area contributed by atoms with E-state index in [1.807, 2.05) is 0 Å². The van der Waals surface area contributed by atoms with Crippen molar-refractivity contribution in [1.29, 1.82) is 0 Å². The molecule has 1 aromatic heterocycles. The minimum atomic E-state index is -0.267. The summed E-state index contributed by atoms with van der Waals surface area (Å²) in [6.45, 7) is 0. The quantitative estimate of drug-likeness (QED) is 0.529. The number of aldehydes is 1. The molecular formula is C15H10FNO2. The van der Waals surface area contributed by atoms with Crippen molar-refractivity contribution in [3.05, 3.63) is 41.5 Å². The molecule has 1 aromatic carbocycles. The Bertz CT molecular complexity index is 690. The molecule has 0 spiro atoms. The molecule has 1 saturated carbocycles. The minimum Gasteiger partial charge on any atom is -0.446 e. The number of pyridine rings is 1. The van der Waals surface area contributed by atoms with Gasteiger partial charge in [0.05, 0.1) is 11.3 Å². The summed E-state index contributed by atoms with van der Waals surface area (Å²) in [6, 6.07) is 6.30. The zero-order valence-electron chi connectivity index (χ0n) is 10.0. The molecule has 0 N–H and O–H groups in total. The van der Waals surface area contributed by atoms with Crippen LogP contribution in [-0.4, -0.2) is 11.3 Å². The number of aromatic nitrogens is 1. The molecule has 2 heterocycles. The average molecular weight is 255 g/mol. The van der Waals surface area contributed by atoms with Gasteiger partial charge in [-0.3, -0.25) is 4.79 Å². The van der Waals surface area contributed by atoms with Crippen molar-refractivity contribution in [3.63, 3.8) is 0 Å². The Balaban J connectivity index is 1.92. The third-order valence-electron chi connectivity index (χ3n) is 3.53. The van der Waals surface area contributed by atoms with Crippen molar-refractivity contribution in [2.75, 3.05) is 0 Å². The lowest BCUT2D eigenvalue weighted by Gasteiger charge is -2.05. The van der Waals surface area contributed by atoms with Crippen LogP contribution in [0.3, 0.4) is 0 Å². The Hall–Kier alpha value is -2.23. The second-order valence-electron chi connectivity index (χ2n) is 4.92. The highest BCUT2D eigenvalue weighted by Gasteiger charge is 2.38. The monoisotopic (exact) mass is 255 g/mol. The molecule has 0 saturated heterocycles. The maximum absolute atomic E-state index is 13.0. The first kappa shape index (κ1) is 10.7. The Kier molecular flexibility index (Phi) is 2.04. The summed E-state index contributed by atoms with van der Waals surface area (Å²) in [5.74, 6) is 1.42. The number of rotatable bonds is 3. The van der Waals surface area contributed by atoms with Crippen LogP contribution in [0.2, 0.25) is 0 Å². The third-order valence-corrected chi connectivity index (χ3v) is 3.53. The molecule has 2 aromatic rings. The number of fused-ring (bicyclic) bond motifs is 1. The van der Waals surface area contributed by atoms with E-state index in [4.69, 9.17) is 4.74 Å². The van der Waals surface area contributed by atoms with Gasteiger partial charge in [-0.25, -0.2) is 9.37 Å². The van der Waals surface area contributed by atoms with Crippen LogP contribution in [0.15, 0.2) is 24.3 Å². The van der Waals surface area contributed by atoms with Gasteiger partial charge in [0.2, 0.25) is 0 Å². The molecule has 2 aliphatic rings. The number of ether oxygens (including phenoxy) is 1. The maximum Gasteiger partial charge on any atom is 0.199 e. The van der Waals surface area contributed by atoms with E-state index in [0.717, 1.165) is 41.7 Å². The Morgan fingerprint density at radius 1 is 1.21 bits per heavy atom. The number of halogens is 1. The fourth-order valence-corrected chi connectivity index (χ4v) is 2.39. The highest BCUT2D eigenvalue weighted by atomic mass is 19.1. The Labute approximate surface area is 109 Å². The largest absolute Gasteiger partial charge is 0.446 e. The van der Waals surface area contributed by atoms with Gasteiger partial charge in [0.25, 0.3) is 0 Å². The fourth-order valence-electron chi connectivity index (χ4n) is 2.39. The summed E-state index contributed by atoms with van der Waals surface area (Å²) in [4.78, 5) is 15.4. The van der Waals surface area contributed by atoms with E-state index in [1.54, 1.807) is 12.1 Å². The molecule has 4 heteroatoms. The highest BCUT2D eigenvalue weighted by Crippen LogP contribution is 2.58. The first-order valence-corrected chi connectivity index (χ1v) is 6.25. The summed E-state index contributed by atoms with van der Waals surface area (Å²) in [7, 11) is 0. The number of carbonyl (C=O) groups excluding carboxylic acids is 1. The van der Waals surface area contributed by atoms with E-state index in [0.29, 0.717) is 17.4 Å². The summed E-state index contributed by atoms with van der Waals surface area (Å²) >= 11 is 0. The molecule has 3 nitrogen and oxygen atoms in total. The number of benzene rings is 1. The second-order valence-corrected chi connectivity index (χ2v) is 4.92. The van der Waals surface area contributed by atoms with Gasteiger partial charge in [0.15, 0.2) is 17.8 Å². The van der Waals surface area contributed by atoms with E-state index >= 15 is 0 Å². The van der Waals surface area contributed by atoms with Gasteiger partial charge in [-0.15, -0.1) is 0 Å². The van der Waals surface area contributed by atoms with Crippen molar-refractivity contribution in [2.24, 2.45) is 0 Å². The Morgan fingerprint density at radius 3 is 2.58 bits per heavy atom. The summed E-state index contributed by atoms with van der Waals surface area (Å²) in [5, 5.41) is 0. The van der Waals surface area contributed by atoms with E-state index < -0.39 is 0 Å². The lowest BCUT2D eigenvalue weighted by molar-refractivity contribution is 0.111. The van der Waals surface area contributed by atoms with Gasteiger partial charge < -0.3 is 4.74 Å². The molecule has 1 aliphatic carbocycles. The first-order chi connectivity index (χ1) is 9.28. The molecule has 4 rings (SSSR count). The van der Waals surface area contributed by atoms with E-state index in [2.05, 4.69) is 4.98 Å².